The molecule has 0 unspecified atom stereocenters. The Morgan fingerprint density at radius 2 is 1.43 bits per heavy atom. The van der Waals surface area contributed by atoms with Gasteiger partial charge in [-0.2, -0.15) is 0 Å². The van der Waals surface area contributed by atoms with Crippen LogP contribution in [0.15, 0.2) is 59.5 Å². The van der Waals surface area contributed by atoms with Gasteiger partial charge in [-0.05, 0) is 50.2 Å². The summed E-state index contributed by atoms with van der Waals surface area (Å²) in [5, 5.41) is 2.37. The molecule has 0 bridgehead atoms. The maximum Gasteiger partial charge on any atom is 0.327 e. The molecule has 0 spiro atoms. The van der Waals surface area contributed by atoms with Gasteiger partial charge in [0, 0.05) is 17.3 Å². The predicted molar refractivity (Wildman–Crippen MR) is 103 cm³/mol. The molecule has 10 heteroatoms. The molecule has 4 N–H and O–H groups in total. The third-order valence-electron chi connectivity index (χ3n) is 3.37. The Hall–Kier alpha value is -3.40. The first kappa shape index (κ1) is 20.9. The van der Waals surface area contributed by atoms with Crippen LogP contribution in [-0.2, 0) is 19.6 Å². The average molecular weight is 404 g/mol. The summed E-state index contributed by atoms with van der Waals surface area (Å²) in [6, 6.07) is 13.2. The van der Waals surface area contributed by atoms with E-state index in [1.54, 1.807) is 44.2 Å². The smallest absolute Gasteiger partial charge is 0.327 e. The van der Waals surface area contributed by atoms with Crippen LogP contribution in [0.25, 0.3) is 0 Å². The third kappa shape index (κ3) is 5.81. The molecule has 2 aromatic carbocycles. The number of amides is 3. The molecule has 0 aliphatic rings. The van der Waals surface area contributed by atoms with Gasteiger partial charge in [0.25, 0.3) is 15.9 Å². The van der Waals surface area contributed by atoms with Gasteiger partial charge in [0.15, 0.2) is 0 Å². The quantitative estimate of drug-likeness (QED) is 0.432. The molecule has 148 valence electrons. The van der Waals surface area contributed by atoms with E-state index in [4.69, 9.17) is 0 Å². The van der Waals surface area contributed by atoms with Gasteiger partial charge in [0.05, 0.1) is 4.90 Å². The molecule has 0 saturated heterocycles. The summed E-state index contributed by atoms with van der Waals surface area (Å²) in [5.74, 6) is -2.61. The molecule has 3 amide bonds. The Kier molecular flexibility index (Phi) is 6.72. The molecular weight excluding hydrogens is 384 g/mol. The number of sulfonamides is 1. The van der Waals surface area contributed by atoms with Crippen molar-refractivity contribution in [1.82, 2.24) is 16.2 Å². The SMILES string of the molecule is CC(C)NC(=O)C(=O)NNC(=O)c1ccc(S(=O)(=O)Nc2ccccc2)cc1. The van der Waals surface area contributed by atoms with Crippen molar-refractivity contribution in [3.05, 3.63) is 60.2 Å². The first-order valence-corrected chi connectivity index (χ1v) is 9.76. The van der Waals surface area contributed by atoms with Crippen LogP contribution >= 0.6 is 0 Å². The molecule has 0 radical (unpaired) electrons. The maximum atomic E-state index is 12.3. The zero-order valence-corrected chi connectivity index (χ0v) is 16.0. The number of carbonyl (C=O) groups excluding carboxylic acids is 3. The lowest BCUT2D eigenvalue weighted by Crippen LogP contribution is -2.49. The van der Waals surface area contributed by atoms with Crippen LogP contribution in [0.5, 0.6) is 0 Å². The van der Waals surface area contributed by atoms with Crippen LogP contribution in [0.1, 0.15) is 24.2 Å². The van der Waals surface area contributed by atoms with Crippen LogP contribution in [-0.4, -0.2) is 32.2 Å². The Bertz CT molecular complexity index is 957. The minimum absolute atomic E-state index is 0.0340. The van der Waals surface area contributed by atoms with E-state index in [1.807, 2.05) is 5.43 Å². The lowest BCUT2D eigenvalue weighted by molar-refractivity contribution is -0.139. The second-order valence-corrected chi connectivity index (χ2v) is 7.71. The number of anilines is 1. The molecule has 2 rings (SSSR count). The normalized spacial score (nSPS) is 10.8. The van der Waals surface area contributed by atoms with Crippen LogP contribution in [0, 0.1) is 0 Å². The standard InChI is InChI=1S/C18H20N4O5S/c1-12(2)19-17(24)18(25)21-20-16(23)13-8-10-15(11-9-13)28(26,27)22-14-6-4-3-5-7-14/h3-12,22H,1-2H3,(H,19,24)(H,20,23)(H,21,25). The highest BCUT2D eigenvalue weighted by Crippen LogP contribution is 2.16. The Morgan fingerprint density at radius 3 is 2.00 bits per heavy atom. The number of para-hydroxylation sites is 1. The topological polar surface area (TPSA) is 133 Å². The van der Waals surface area contributed by atoms with E-state index in [1.165, 1.54) is 24.3 Å². The first-order chi connectivity index (χ1) is 13.2. The van der Waals surface area contributed by atoms with Gasteiger partial charge in [0.1, 0.15) is 0 Å². The second-order valence-electron chi connectivity index (χ2n) is 6.03. The molecule has 0 aliphatic heterocycles. The van der Waals surface area contributed by atoms with E-state index >= 15 is 0 Å². The lowest BCUT2D eigenvalue weighted by Gasteiger charge is -2.10. The highest BCUT2D eigenvalue weighted by Gasteiger charge is 2.17. The highest BCUT2D eigenvalue weighted by molar-refractivity contribution is 7.92. The molecule has 0 heterocycles. The van der Waals surface area contributed by atoms with Crippen molar-refractivity contribution in [1.29, 1.82) is 0 Å². The predicted octanol–water partition coefficient (Wildman–Crippen LogP) is 0.773. The van der Waals surface area contributed by atoms with Crippen molar-refractivity contribution in [2.24, 2.45) is 0 Å². The van der Waals surface area contributed by atoms with Crippen molar-refractivity contribution >= 4 is 33.4 Å². The number of rotatable bonds is 5. The third-order valence-corrected chi connectivity index (χ3v) is 4.77. The fourth-order valence-electron chi connectivity index (χ4n) is 2.08. The average Bonchev–Trinajstić information content (AvgIpc) is 2.65. The summed E-state index contributed by atoms with van der Waals surface area (Å²) < 4.78 is 27.1. The first-order valence-electron chi connectivity index (χ1n) is 8.28. The van der Waals surface area contributed by atoms with Crippen LogP contribution in [0.3, 0.4) is 0 Å². The summed E-state index contributed by atoms with van der Waals surface area (Å²) in [5.41, 5.74) is 4.58. The molecule has 0 aromatic heterocycles. The fraction of sp³-hybridized carbons (Fsp3) is 0.167. The largest absolute Gasteiger partial charge is 0.346 e. The zero-order valence-electron chi connectivity index (χ0n) is 15.2. The Balaban J connectivity index is 1.98. The van der Waals surface area contributed by atoms with E-state index in [-0.39, 0.29) is 16.5 Å². The van der Waals surface area contributed by atoms with Gasteiger partial charge in [-0.25, -0.2) is 8.42 Å². The molecule has 0 aliphatic carbocycles. The van der Waals surface area contributed by atoms with Crippen LogP contribution < -0.4 is 20.9 Å². The van der Waals surface area contributed by atoms with Crippen molar-refractivity contribution in [3.63, 3.8) is 0 Å². The summed E-state index contributed by atoms with van der Waals surface area (Å²) in [7, 11) is -3.81. The summed E-state index contributed by atoms with van der Waals surface area (Å²) in [4.78, 5) is 35.0. The van der Waals surface area contributed by atoms with Crippen molar-refractivity contribution in [2.75, 3.05) is 4.72 Å². The molecule has 0 fully saturated rings. The molecule has 0 saturated carbocycles. The monoisotopic (exact) mass is 404 g/mol. The summed E-state index contributed by atoms with van der Waals surface area (Å²) in [6.45, 7) is 3.37. The van der Waals surface area contributed by atoms with Crippen molar-refractivity contribution in [2.45, 2.75) is 24.8 Å². The number of hydrogen-bond donors (Lipinski definition) is 4. The van der Waals surface area contributed by atoms with E-state index in [2.05, 4.69) is 15.5 Å². The number of hydrogen-bond acceptors (Lipinski definition) is 5. The van der Waals surface area contributed by atoms with Crippen LogP contribution in [0.4, 0.5) is 5.69 Å². The van der Waals surface area contributed by atoms with Crippen molar-refractivity contribution in [3.8, 4) is 0 Å². The van der Waals surface area contributed by atoms with E-state index in [9.17, 15) is 22.8 Å². The Labute approximate surface area is 162 Å². The lowest BCUT2D eigenvalue weighted by atomic mass is 10.2. The number of nitrogens with one attached hydrogen (secondary N) is 4. The van der Waals surface area contributed by atoms with Gasteiger partial charge < -0.3 is 5.32 Å². The minimum atomic E-state index is -3.81. The summed E-state index contributed by atoms with van der Waals surface area (Å²) >= 11 is 0. The van der Waals surface area contributed by atoms with E-state index < -0.39 is 27.7 Å². The second kappa shape index (κ2) is 9.00. The molecule has 9 nitrogen and oxygen atoms in total. The molecule has 0 atom stereocenters. The zero-order chi connectivity index (χ0) is 20.7. The highest BCUT2D eigenvalue weighted by atomic mass is 32.2. The summed E-state index contributed by atoms with van der Waals surface area (Å²) in [6.07, 6.45) is 0. The Morgan fingerprint density at radius 1 is 0.821 bits per heavy atom. The van der Waals surface area contributed by atoms with Gasteiger partial charge in [-0.15, -0.1) is 0 Å². The van der Waals surface area contributed by atoms with E-state index in [0.717, 1.165) is 0 Å². The number of hydrazine groups is 1. The minimum Gasteiger partial charge on any atom is -0.346 e. The van der Waals surface area contributed by atoms with Crippen molar-refractivity contribution < 1.29 is 22.8 Å². The fourth-order valence-corrected chi connectivity index (χ4v) is 3.13. The maximum absolute atomic E-state index is 12.3. The molecular formula is C18H20N4O5S. The van der Waals surface area contributed by atoms with Gasteiger partial charge in [0.2, 0.25) is 0 Å². The van der Waals surface area contributed by atoms with Crippen LogP contribution in [0.2, 0.25) is 0 Å². The van der Waals surface area contributed by atoms with Gasteiger partial charge in [-0.1, -0.05) is 18.2 Å². The van der Waals surface area contributed by atoms with Gasteiger partial charge >= 0.3 is 11.8 Å². The number of carbonyl (C=O) groups is 3. The molecule has 28 heavy (non-hydrogen) atoms. The van der Waals surface area contributed by atoms with E-state index in [0.29, 0.717) is 5.69 Å². The molecule has 2 aromatic rings. The van der Waals surface area contributed by atoms with Gasteiger partial charge in [-0.3, -0.25) is 30.0 Å². The number of benzene rings is 2.